The number of benzene rings is 1. The molecule has 0 bridgehead atoms. The predicted octanol–water partition coefficient (Wildman–Crippen LogP) is 2.39. The third-order valence-corrected chi connectivity index (χ3v) is 5.24. The average molecular weight is 396 g/mol. The summed E-state index contributed by atoms with van der Waals surface area (Å²) < 4.78 is 0.944. The molecule has 1 saturated carbocycles. The lowest BCUT2D eigenvalue weighted by atomic mass is 9.84. The van der Waals surface area contributed by atoms with Crippen LogP contribution in [0.5, 0.6) is 0 Å². The van der Waals surface area contributed by atoms with E-state index in [4.69, 9.17) is 5.73 Å². The van der Waals surface area contributed by atoms with Crippen molar-refractivity contribution in [1.29, 1.82) is 0 Å². The van der Waals surface area contributed by atoms with Crippen LogP contribution in [0.1, 0.15) is 38.2 Å². The molecule has 5 nitrogen and oxygen atoms in total. The SMILES string of the molecule is CN(C)C(=O)C1CCCC(NC(=O)C(C)(N)c2ccc(Br)cc2)C1. The fourth-order valence-electron chi connectivity index (χ4n) is 3.17. The molecule has 3 unspecified atom stereocenters. The van der Waals surface area contributed by atoms with Gasteiger partial charge in [-0.05, 0) is 43.9 Å². The summed E-state index contributed by atoms with van der Waals surface area (Å²) in [5.74, 6) is -0.0825. The van der Waals surface area contributed by atoms with E-state index in [1.165, 1.54) is 0 Å². The van der Waals surface area contributed by atoms with Gasteiger partial charge in [0, 0.05) is 30.5 Å². The van der Waals surface area contributed by atoms with Crippen LogP contribution < -0.4 is 11.1 Å². The predicted molar refractivity (Wildman–Crippen MR) is 98.3 cm³/mol. The minimum absolute atomic E-state index is 0.00141. The molecule has 0 heterocycles. The van der Waals surface area contributed by atoms with Crippen molar-refractivity contribution in [2.75, 3.05) is 14.1 Å². The summed E-state index contributed by atoms with van der Waals surface area (Å²) in [6, 6.07) is 7.45. The summed E-state index contributed by atoms with van der Waals surface area (Å²) >= 11 is 3.38. The van der Waals surface area contributed by atoms with Gasteiger partial charge in [-0.25, -0.2) is 0 Å². The lowest BCUT2D eigenvalue weighted by Gasteiger charge is -2.33. The van der Waals surface area contributed by atoms with Gasteiger partial charge in [-0.15, -0.1) is 0 Å². The minimum atomic E-state index is -1.10. The lowest BCUT2D eigenvalue weighted by Crippen LogP contribution is -2.53. The molecule has 2 rings (SSSR count). The van der Waals surface area contributed by atoms with Gasteiger partial charge in [0.15, 0.2) is 0 Å². The second-order valence-electron chi connectivity index (χ2n) is 6.98. The van der Waals surface area contributed by atoms with Gasteiger partial charge >= 0.3 is 0 Å². The monoisotopic (exact) mass is 395 g/mol. The van der Waals surface area contributed by atoms with Crippen LogP contribution >= 0.6 is 15.9 Å². The number of halogens is 1. The Hall–Kier alpha value is -1.40. The molecule has 24 heavy (non-hydrogen) atoms. The molecular formula is C18H26BrN3O2. The molecule has 3 atom stereocenters. The molecule has 1 aromatic carbocycles. The highest BCUT2D eigenvalue weighted by atomic mass is 79.9. The molecule has 0 aromatic heterocycles. The summed E-state index contributed by atoms with van der Waals surface area (Å²) in [5.41, 5.74) is 5.95. The van der Waals surface area contributed by atoms with E-state index in [1.807, 2.05) is 24.3 Å². The van der Waals surface area contributed by atoms with Crippen LogP contribution in [0.25, 0.3) is 0 Å². The number of carbonyl (C=O) groups excluding carboxylic acids is 2. The normalized spacial score (nSPS) is 23.2. The number of rotatable bonds is 4. The number of nitrogens with one attached hydrogen (secondary N) is 1. The van der Waals surface area contributed by atoms with Crippen LogP contribution in [0.4, 0.5) is 0 Å². The van der Waals surface area contributed by atoms with Crippen molar-refractivity contribution in [3.05, 3.63) is 34.3 Å². The lowest BCUT2D eigenvalue weighted by molar-refractivity contribution is -0.135. The topological polar surface area (TPSA) is 75.4 Å². The molecule has 1 fully saturated rings. The second-order valence-corrected chi connectivity index (χ2v) is 7.89. The van der Waals surface area contributed by atoms with Crippen molar-refractivity contribution in [2.45, 2.75) is 44.2 Å². The Morgan fingerprint density at radius 3 is 2.46 bits per heavy atom. The second kappa shape index (κ2) is 7.66. The molecule has 3 N–H and O–H groups in total. The Kier molecular flexibility index (Phi) is 6.04. The first-order valence-electron chi connectivity index (χ1n) is 8.29. The number of amides is 2. The maximum atomic E-state index is 12.7. The van der Waals surface area contributed by atoms with E-state index in [0.717, 1.165) is 29.3 Å². The molecule has 1 aromatic rings. The van der Waals surface area contributed by atoms with Crippen molar-refractivity contribution < 1.29 is 9.59 Å². The van der Waals surface area contributed by atoms with Gasteiger partial charge < -0.3 is 16.0 Å². The first kappa shape index (κ1) is 18.9. The summed E-state index contributed by atoms with van der Waals surface area (Å²) in [6.07, 6.45) is 3.39. The third-order valence-electron chi connectivity index (χ3n) is 4.72. The molecule has 2 amide bonds. The number of hydrogen-bond acceptors (Lipinski definition) is 3. The van der Waals surface area contributed by atoms with E-state index in [2.05, 4.69) is 21.2 Å². The average Bonchev–Trinajstić information content (AvgIpc) is 2.54. The van der Waals surface area contributed by atoms with Crippen LogP contribution in [-0.4, -0.2) is 36.9 Å². The van der Waals surface area contributed by atoms with Gasteiger partial charge in [0.2, 0.25) is 11.8 Å². The van der Waals surface area contributed by atoms with Crippen molar-refractivity contribution in [3.63, 3.8) is 0 Å². The van der Waals surface area contributed by atoms with Gasteiger partial charge in [-0.1, -0.05) is 34.5 Å². The summed E-state index contributed by atoms with van der Waals surface area (Å²) in [4.78, 5) is 26.5. The standard InChI is InChI=1S/C18H26BrN3O2/c1-18(20,13-7-9-14(19)10-8-13)17(24)21-15-6-4-5-12(11-15)16(23)22(2)3/h7-10,12,15H,4-6,11,20H2,1-3H3,(H,21,24). The molecule has 132 valence electrons. The van der Waals surface area contributed by atoms with Crippen LogP contribution in [0.3, 0.4) is 0 Å². The molecule has 6 heteroatoms. The molecule has 0 spiro atoms. The van der Waals surface area contributed by atoms with Gasteiger partial charge in [-0.3, -0.25) is 9.59 Å². The smallest absolute Gasteiger partial charge is 0.244 e. The van der Waals surface area contributed by atoms with Gasteiger partial charge in [-0.2, -0.15) is 0 Å². The third kappa shape index (κ3) is 4.36. The highest BCUT2D eigenvalue weighted by Gasteiger charge is 2.34. The fourth-order valence-corrected chi connectivity index (χ4v) is 3.44. The number of nitrogens with zero attached hydrogens (tertiary/aromatic N) is 1. The van der Waals surface area contributed by atoms with Crippen molar-refractivity contribution in [1.82, 2.24) is 10.2 Å². The largest absolute Gasteiger partial charge is 0.351 e. The Labute approximate surface area is 152 Å². The Morgan fingerprint density at radius 2 is 1.88 bits per heavy atom. The van der Waals surface area contributed by atoms with Crippen molar-refractivity contribution in [3.8, 4) is 0 Å². The fraction of sp³-hybridized carbons (Fsp3) is 0.556. The maximum Gasteiger partial charge on any atom is 0.244 e. The van der Waals surface area contributed by atoms with Gasteiger partial charge in [0.25, 0.3) is 0 Å². The molecule has 0 aliphatic heterocycles. The van der Waals surface area contributed by atoms with E-state index >= 15 is 0 Å². The van der Waals surface area contributed by atoms with Gasteiger partial charge in [0.1, 0.15) is 5.54 Å². The quantitative estimate of drug-likeness (QED) is 0.821. The van der Waals surface area contributed by atoms with Crippen LogP contribution in [-0.2, 0) is 15.1 Å². The van der Waals surface area contributed by atoms with E-state index in [9.17, 15) is 9.59 Å². The zero-order valence-corrected chi connectivity index (χ0v) is 16.1. The van der Waals surface area contributed by atoms with Crippen LogP contribution in [0.2, 0.25) is 0 Å². The zero-order valence-electron chi connectivity index (χ0n) is 14.5. The van der Waals surface area contributed by atoms with Crippen molar-refractivity contribution in [2.24, 2.45) is 11.7 Å². The summed E-state index contributed by atoms with van der Waals surface area (Å²) in [6.45, 7) is 1.72. The van der Waals surface area contributed by atoms with Crippen LogP contribution in [0, 0.1) is 5.92 Å². The van der Waals surface area contributed by atoms with E-state index in [0.29, 0.717) is 6.42 Å². The Balaban J connectivity index is 2.02. The molecule has 0 saturated heterocycles. The summed E-state index contributed by atoms with van der Waals surface area (Å²) in [7, 11) is 3.55. The maximum absolute atomic E-state index is 12.7. The zero-order chi connectivity index (χ0) is 17.9. The van der Waals surface area contributed by atoms with E-state index < -0.39 is 5.54 Å². The summed E-state index contributed by atoms with van der Waals surface area (Å²) in [5, 5.41) is 3.05. The highest BCUT2D eigenvalue weighted by molar-refractivity contribution is 9.10. The minimum Gasteiger partial charge on any atom is -0.351 e. The number of hydrogen-bond donors (Lipinski definition) is 2. The molecule has 0 radical (unpaired) electrons. The Morgan fingerprint density at radius 1 is 1.25 bits per heavy atom. The highest BCUT2D eigenvalue weighted by Crippen LogP contribution is 2.27. The van der Waals surface area contributed by atoms with Gasteiger partial charge in [0.05, 0.1) is 0 Å². The number of nitrogens with two attached hydrogens (primary N) is 1. The van der Waals surface area contributed by atoms with Crippen LogP contribution in [0.15, 0.2) is 28.7 Å². The molecule has 1 aliphatic rings. The van der Waals surface area contributed by atoms with Crippen molar-refractivity contribution >= 4 is 27.7 Å². The van der Waals surface area contributed by atoms with E-state index in [-0.39, 0.29) is 23.8 Å². The molecule has 1 aliphatic carbocycles. The molecular weight excluding hydrogens is 370 g/mol. The first-order chi connectivity index (χ1) is 11.2. The Bertz CT molecular complexity index is 599. The van der Waals surface area contributed by atoms with E-state index in [1.54, 1.807) is 25.9 Å². The first-order valence-corrected chi connectivity index (χ1v) is 9.08. The number of carbonyl (C=O) groups is 2.